The number of nitrogens with one attached hydrogen (secondary N) is 1. The summed E-state index contributed by atoms with van der Waals surface area (Å²) in [6, 6.07) is 5.78. The van der Waals surface area contributed by atoms with Gasteiger partial charge in [0, 0.05) is 0 Å². The Hall–Kier alpha value is -1.42. The van der Waals surface area contributed by atoms with Crippen LogP contribution in [0.15, 0.2) is 18.2 Å². The molecule has 0 bridgehead atoms. The Morgan fingerprint density at radius 1 is 1.38 bits per heavy atom. The van der Waals surface area contributed by atoms with Gasteiger partial charge in [0.15, 0.2) is 0 Å². The van der Waals surface area contributed by atoms with E-state index >= 15 is 0 Å². The Morgan fingerprint density at radius 3 is 2.62 bits per heavy atom. The van der Waals surface area contributed by atoms with Crippen LogP contribution in [-0.2, 0) is 0 Å². The van der Waals surface area contributed by atoms with Crippen LogP contribution in [0, 0.1) is 5.92 Å². The van der Waals surface area contributed by atoms with E-state index < -0.39 is 0 Å². The molecular formula is C17H28N2O2. The molecule has 4 N–H and O–H groups in total. The van der Waals surface area contributed by atoms with Gasteiger partial charge in [0.05, 0.1) is 29.6 Å². The predicted octanol–water partition coefficient (Wildman–Crippen LogP) is 3.41. The lowest BCUT2D eigenvalue weighted by Gasteiger charge is -2.40. The van der Waals surface area contributed by atoms with E-state index in [1.807, 2.05) is 32.0 Å². The van der Waals surface area contributed by atoms with Gasteiger partial charge in [-0.15, -0.1) is 0 Å². The topological polar surface area (TPSA) is 67.5 Å². The zero-order valence-electron chi connectivity index (χ0n) is 13.4. The highest BCUT2D eigenvalue weighted by Crippen LogP contribution is 2.38. The van der Waals surface area contributed by atoms with Gasteiger partial charge in [-0.3, -0.25) is 0 Å². The largest absolute Gasteiger partial charge is 0.489 e. The Bertz CT molecular complexity index is 466. The molecular weight excluding hydrogens is 264 g/mol. The summed E-state index contributed by atoms with van der Waals surface area (Å²) in [4.78, 5) is 0. The van der Waals surface area contributed by atoms with Crippen molar-refractivity contribution in [3.63, 3.8) is 0 Å². The van der Waals surface area contributed by atoms with E-state index in [0.29, 0.717) is 11.4 Å². The van der Waals surface area contributed by atoms with Crippen LogP contribution >= 0.6 is 0 Å². The maximum Gasteiger partial charge on any atom is 0.144 e. The quantitative estimate of drug-likeness (QED) is 0.728. The summed E-state index contributed by atoms with van der Waals surface area (Å²) in [7, 11) is 0. The molecule has 0 aromatic heterocycles. The summed E-state index contributed by atoms with van der Waals surface area (Å²) in [5.41, 5.74) is 7.45. The number of rotatable bonds is 5. The van der Waals surface area contributed by atoms with E-state index in [4.69, 9.17) is 10.5 Å². The summed E-state index contributed by atoms with van der Waals surface area (Å²) < 4.78 is 5.73. The van der Waals surface area contributed by atoms with Crippen molar-refractivity contribution in [1.82, 2.24) is 0 Å². The molecule has 0 unspecified atom stereocenters. The van der Waals surface area contributed by atoms with Crippen molar-refractivity contribution in [2.24, 2.45) is 5.92 Å². The molecule has 0 atom stereocenters. The minimum absolute atomic E-state index is 0.0879. The normalized spacial score (nSPS) is 25.9. The van der Waals surface area contributed by atoms with Gasteiger partial charge in [0.2, 0.25) is 0 Å². The summed E-state index contributed by atoms with van der Waals surface area (Å²) in [6.07, 6.45) is 4.30. The standard InChI is InChI=1S/C17H28N2O2/c1-12(2)21-15-6-4-5-14(16(15)18)19-17(11-20)9-7-13(3)8-10-17/h4-6,12-13,19-20H,7-11,18H2,1-3H3. The molecule has 0 heterocycles. The van der Waals surface area contributed by atoms with E-state index in [0.717, 1.165) is 37.3 Å². The molecule has 4 nitrogen and oxygen atoms in total. The third-order valence-electron chi connectivity index (χ3n) is 4.36. The minimum Gasteiger partial charge on any atom is -0.489 e. The number of para-hydroxylation sites is 1. The first kappa shape index (κ1) is 16.0. The first-order chi connectivity index (χ1) is 9.96. The average Bonchev–Trinajstić information content (AvgIpc) is 2.45. The number of nitrogen functional groups attached to an aromatic ring is 1. The molecule has 1 saturated carbocycles. The molecule has 118 valence electrons. The van der Waals surface area contributed by atoms with Gasteiger partial charge in [0.25, 0.3) is 0 Å². The molecule has 0 saturated heterocycles. The molecule has 2 rings (SSSR count). The average molecular weight is 292 g/mol. The zero-order chi connectivity index (χ0) is 15.5. The van der Waals surface area contributed by atoms with Crippen LogP contribution in [0.4, 0.5) is 11.4 Å². The second-order valence-electron chi connectivity index (χ2n) is 6.63. The van der Waals surface area contributed by atoms with Gasteiger partial charge < -0.3 is 20.9 Å². The highest BCUT2D eigenvalue weighted by Gasteiger charge is 2.34. The predicted molar refractivity (Wildman–Crippen MR) is 87.7 cm³/mol. The fourth-order valence-corrected chi connectivity index (χ4v) is 2.93. The number of hydrogen-bond acceptors (Lipinski definition) is 4. The van der Waals surface area contributed by atoms with Crippen molar-refractivity contribution in [2.45, 2.75) is 58.1 Å². The summed E-state index contributed by atoms with van der Waals surface area (Å²) in [6.45, 7) is 6.37. The Morgan fingerprint density at radius 2 is 2.05 bits per heavy atom. The van der Waals surface area contributed by atoms with Gasteiger partial charge in [0.1, 0.15) is 5.75 Å². The van der Waals surface area contributed by atoms with Crippen LogP contribution in [0.2, 0.25) is 0 Å². The Balaban J connectivity index is 2.18. The number of anilines is 2. The van der Waals surface area contributed by atoms with E-state index in [-0.39, 0.29) is 18.2 Å². The third-order valence-corrected chi connectivity index (χ3v) is 4.36. The van der Waals surface area contributed by atoms with Crippen molar-refractivity contribution in [3.05, 3.63) is 18.2 Å². The second-order valence-corrected chi connectivity index (χ2v) is 6.63. The van der Waals surface area contributed by atoms with Crippen molar-refractivity contribution in [2.75, 3.05) is 17.7 Å². The Labute approximate surface area is 127 Å². The van der Waals surface area contributed by atoms with Crippen LogP contribution in [0.3, 0.4) is 0 Å². The highest BCUT2D eigenvalue weighted by atomic mass is 16.5. The molecule has 0 radical (unpaired) electrons. The van der Waals surface area contributed by atoms with Crippen molar-refractivity contribution < 1.29 is 9.84 Å². The van der Waals surface area contributed by atoms with E-state index in [2.05, 4.69) is 12.2 Å². The molecule has 0 amide bonds. The first-order valence-corrected chi connectivity index (χ1v) is 7.90. The van der Waals surface area contributed by atoms with Crippen molar-refractivity contribution >= 4 is 11.4 Å². The third kappa shape index (κ3) is 3.82. The molecule has 0 spiro atoms. The molecule has 1 fully saturated rings. The molecule has 1 aliphatic rings. The number of aliphatic hydroxyl groups excluding tert-OH is 1. The van der Waals surface area contributed by atoms with E-state index in [1.165, 1.54) is 0 Å². The maximum absolute atomic E-state index is 9.86. The second kappa shape index (κ2) is 6.56. The number of nitrogens with two attached hydrogens (primary N) is 1. The fourth-order valence-electron chi connectivity index (χ4n) is 2.93. The van der Waals surface area contributed by atoms with Gasteiger partial charge in [-0.25, -0.2) is 0 Å². The monoisotopic (exact) mass is 292 g/mol. The SMILES string of the molecule is CC1CCC(CO)(Nc2cccc(OC(C)C)c2N)CC1. The maximum atomic E-state index is 9.86. The van der Waals surface area contributed by atoms with Crippen LogP contribution in [-0.4, -0.2) is 23.4 Å². The zero-order valence-corrected chi connectivity index (χ0v) is 13.4. The summed E-state index contributed by atoms with van der Waals surface area (Å²) in [5, 5.41) is 13.4. The van der Waals surface area contributed by atoms with Crippen molar-refractivity contribution in [1.29, 1.82) is 0 Å². The lowest BCUT2D eigenvalue weighted by Crippen LogP contribution is -2.45. The van der Waals surface area contributed by atoms with Crippen LogP contribution in [0.25, 0.3) is 0 Å². The van der Waals surface area contributed by atoms with E-state index in [9.17, 15) is 5.11 Å². The molecule has 21 heavy (non-hydrogen) atoms. The summed E-state index contributed by atoms with van der Waals surface area (Å²) in [5.74, 6) is 1.44. The van der Waals surface area contributed by atoms with Gasteiger partial charge in [-0.2, -0.15) is 0 Å². The fraction of sp³-hybridized carbons (Fsp3) is 0.647. The van der Waals surface area contributed by atoms with Crippen LogP contribution in [0.5, 0.6) is 5.75 Å². The molecule has 1 aliphatic carbocycles. The molecule has 1 aromatic carbocycles. The van der Waals surface area contributed by atoms with Gasteiger partial charge in [-0.05, 0) is 57.6 Å². The number of ether oxygens (including phenoxy) is 1. The highest BCUT2D eigenvalue weighted by molar-refractivity contribution is 5.73. The smallest absolute Gasteiger partial charge is 0.144 e. The number of hydrogen-bond donors (Lipinski definition) is 3. The van der Waals surface area contributed by atoms with Gasteiger partial charge in [-0.1, -0.05) is 13.0 Å². The molecule has 4 heteroatoms. The number of aliphatic hydroxyl groups is 1. The van der Waals surface area contributed by atoms with E-state index in [1.54, 1.807) is 0 Å². The van der Waals surface area contributed by atoms with Crippen LogP contribution in [0.1, 0.15) is 46.5 Å². The minimum atomic E-state index is -0.253. The van der Waals surface area contributed by atoms with Crippen molar-refractivity contribution in [3.8, 4) is 5.75 Å². The lowest BCUT2D eigenvalue weighted by atomic mass is 9.77. The molecule has 0 aliphatic heterocycles. The first-order valence-electron chi connectivity index (χ1n) is 7.90. The molecule has 1 aromatic rings. The lowest BCUT2D eigenvalue weighted by molar-refractivity contribution is 0.155. The Kier molecular flexibility index (Phi) is 4.99. The number of benzene rings is 1. The van der Waals surface area contributed by atoms with Gasteiger partial charge >= 0.3 is 0 Å². The van der Waals surface area contributed by atoms with Crippen LogP contribution < -0.4 is 15.8 Å². The summed E-state index contributed by atoms with van der Waals surface area (Å²) >= 11 is 0.